The molecule has 4 rings (SSSR count). The van der Waals surface area contributed by atoms with E-state index in [4.69, 9.17) is 11.6 Å². The molecule has 0 atom stereocenters. The van der Waals surface area contributed by atoms with Gasteiger partial charge in [-0.1, -0.05) is 11.6 Å². The van der Waals surface area contributed by atoms with Gasteiger partial charge in [0.05, 0.1) is 33.2 Å². The first-order valence-electron chi connectivity index (χ1n) is 9.68. The predicted molar refractivity (Wildman–Crippen MR) is 121 cm³/mol. The molecule has 2 N–H and O–H groups in total. The SMILES string of the molecule is O=S(=O)(Nc1cscn1)c1cc(Cl)c(Nc2ccc(C(F)(F)F)cc2N2CCCC2)cc1F. The molecule has 1 aliphatic rings. The maximum Gasteiger partial charge on any atom is 0.416 e. The lowest BCUT2D eigenvalue weighted by Crippen LogP contribution is -2.20. The quantitative estimate of drug-likeness (QED) is 0.384. The number of alkyl halides is 3. The monoisotopic (exact) mass is 520 g/mol. The van der Waals surface area contributed by atoms with Gasteiger partial charge in [0.1, 0.15) is 10.7 Å². The van der Waals surface area contributed by atoms with Crippen molar-refractivity contribution in [3.8, 4) is 0 Å². The zero-order valence-electron chi connectivity index (χ0n) is 16.8. The Bertz CT molecular complexity index is 1260. The number of sulfonamides is 1. The molecule has 0 saturated carbocycles. The van der Waals surface area contributed by atoms with Gasteiger partial charge in [0.2, 0.25) is 0 Å². The molecule has 2 heterocycles. The zero-order chi connectivity index (χ0) is 23.8. The number of hydrogen-bond acceptors (Lipinski definition) is 6. The molecular formula is C20H17ClF4N4O2S2. The standard InChI is InChI=1S/C20H17ClF4N4O2S2/c21-13-8-18(33(30,31)28-19-10-32-11-26-19)14(22)9-16(13)27-15-4-3-12(20(23,24)25)7-17(15)29-5-1-2-6-29/h3-4,7-11,27-28H,1-2,5-6H2. The van der Waals surface area contributed by atoms with Crippen LogP contribution < -0.4 is 14.9 Å². The molecule has 33 heavy (non-hydrogen) atoms. The highest BCUT2D eigenvalue weighted by molar-refractivity contribution is 7.92. The summed E-state index contributed by atoms with van der Waals surface area (Å²) in [5.41, 5.74) is 1.22. The van der Waals surface area contributed by atoms with E-state index >= 15 is 0 Å². The Morgan fingerprint density at radius 2 is 1.82 bits per heavy atom. The van der Waals surface area contributed by atoms with E-state index in [2.05, 4.69) is 15.0 Å². The van der Waals surface area contributed by atoms with Gasteiger partial charge in [0.25, 0.3) is 10.0 Å². The molecule has 1 aliphatic heterocycles. The summed E-state index contributed by atoms with van der Waals surface area (Å²) in [5, 5.41) is 4.17. The van der Waals surface area contributed by atoms with Crippen molar-refractivity contribution in [1.82, 2.24) is 4.98 Å². The molecule has 176 valence electrons. The number of nitrogens with zero attached hydrogens (tertiary/aromatic N) is 2. The van der Waals surface area contributed by atoms with Gasteiger partial charge in [-0.15, -0.1) is 11.3 Å². The number of aromatic nitrogens is 1. The van der Waals surface area contributed by atoms with Crippen molar-refractivity contribution in [2.75, 3.05) is 28.0 Å². The Balaban J connectivity index is 1.67. The second-order valence-electron chi connectivity index (χ2n) is 7.29. The molecule has 0 bridgehead atoms. The molecule has 0 unspecified atom stereocenters. The maximum absolute atomic E-state index is 14.8. The average molecular weight is 521 g/mol. The minimum atomic E-state index is -4.52. The number of anilines is 4. The number of benzene rings is 2. The lowest BCUT2D eigenvalue weighted by Gasteiger charge is -2.24. The lowest BCUT2D eigenvalue weighted by atomic mass is 10.1. The highest BCUT2D eigenvalue weighted by Crippen LogP contribution is 2.39. The Kier molecular flexibility index (Phi) is 6.43. The van der Waals surface area contributed by atoms with Gasteiger partial charge in [0, 0.05) is 24.5 Å². The fourth-order valence-corrected chi connectivity index (χ4v) is 5.38. The third kappa shape index (κ3) is 5.17. The molecule has 0 radical (unpaired) electrons. The van der Waals surface area contributed by atoms with Gasteiger partial charge in [0.15, 0.2) is 5.82 Å². The largest absolute Gasteiger partial charge is 0.416 e. The van der Waals surface area contributed by atoms with Crippen LogP contribution in [0.2, 0.25) is 5.02 Å². The number of hydrogen-bond donors (Lipinski definition) is 2. The van der Waals surface area contributed by atoms with E-state index in [1.165, 1.54) is 17.0 Å². The van der Waals surface area contributed by atoms with E-state index in [1.807, 2.05) is 0 Å². The fraction of sp³-hybridized carbons (Fsp3) is 0.250. The Labute approximate surface area is 196 Å². The molecule has 6 nitrogen and oxygen atoms in total. The summed E-state index contributed by atoms with van der Waals surface area (Å²) in [6, 6.07) is 5.04. The molecule has 0 spiro atoms. The smallest absolute Gasteiger partial charge is 0.370 e. The highest BCUT2D eigenvalue weighted by atomic mass is 35.5. The van der Waals surface area contributed by atoms with Crippen LogP contribution in [0.3, 0.4) is 0 Å². The van der Waals surface area contributed by atoms with Gasteiger partial charge >= 0.3 is 6.18 Å². The van der Waals surface area contributed by atoms with Crippen molar-refractivity contribution >= 4 is 55.8 Å². The van der Waals surface area contributed by atoms with E-state index in [-0.39, 0.29) is 16.5 Å². The van der Waals surface area contributed by atoms with Gasteiger partial charge < -0.3 is 10.2 Å². The van der Waals surface area contributed by atoms with Crippen LogP contribution in [0.1, 0.15) is 18.4 Å². The summed E-state index contributed by atoms with van der Waals surface area (Å²) in [6.45, 7) is 1.16. The van der Waals surface area contributed by atoms with Crippen LogP contribution in [0, 0.1) is 5.82 Å². The van der Waals surface area contributed by atoms with Crippen molar-refractivity contribution < 1.29 is 26.0 Å². The third-order valence-electron chi connectivity index (χ3n) is 5.02. The van der Waals surface area contributed by atoms with Gasteiger partial charge in [-0.25, -0.2) is 17.8 Å². The average Bonchev–Trinajstić information content (AvgIpc) is 3.43. The summed E-state index contributed by atoms with van der Waals surface area (Å²) < 4.78 is 81.7. The van der Waals surface area contributed by atoms with Crippen LogP contribution in [0.15, 0.2) is 46.1 Å². The Morgan fingerprint density at radius 3 is 2.45 bits per heavy atom. The lowest BCUT2D eigenvalue weighted by molar-refractivity contribution is -0.137. The van der Waals surface area contributed by atoms with E-state index < -0.39 is 32.5 Å². The fourth-order valence-electron chi connectivity index (χ4n) is 3.46. The van der Waals surface area contributed by atoms with Crippen molar-refractivity contribution in [2.45, 2.75) is 23.9 Å². The van der Waals surface area contributed by atoms with E-state index in [0.29, 0.717) is 24.5 Å². The van der Waals surface area contributed by atoms with Crippen LogP contribution in [0.4, 0.5) is 40.4 Å². The molecule has 2 aromatic carbocycles. The second-order valence-corrected chi connectivity index (χ2v) is 10.1. The van der Waals surface area contributed by atoms with Gasteiger partial charge in [-0.05, 0) is 37.1 Å². The maximum atomic E-state index is 14.8. The molecule has 0 aliphatic carbocycles. The highest BCUT2D eigenvalue weighted by Gasteiger charge is 2.32. The third-order valence-corrected chi connectivity index (χ3v) is 7.29. The number of halogens is 5. The zero-order valence-corrected chi connectivity index (χ0v) is 19.2. The summed E-state index contributed by atoms with van der Waals surface area (Å²) in [7, 11) is -4.30. The van der Waals surface area contributed by atoms with Gasteiger partial charge in [-0.2, -0.15) is 13.2 Å². The van der Waals surface area contributed by atoms with Crippen LogP contribution in [0.25, 0.3) is 0 Å². The normalized spacial score (nSPS) is 14.5. The van der Waals surface area contributed by atoms with Crippen molar-refractivity contribution in [3.05, 3.63) is 57.6 Å². The molecule has 3 aromatic rings. The van der Waals surface area contributed by atoms with Crippen LogP contribution >= 0.6 is 22.9 Å². The molecule has 1 fully saturated rings. The molecule has 1 aromatic heterocycles. The van der Waals surface area contributed by atoms with Crippen LogP contribution in [-0.4, -0.2) is 26.5 Å². The predicted octanol–water partition coefficient (Wildman–Crippen LogP) is 6.10. The summed E-state index contributed by atoms with van der Waals surface area (Å²) >= 11 is 7.38. The minimum Gasteiger partial charge on any atom is -0.370 e. The first-order valence-corrected chi connectivity index (χ1v) is 12.5. The van der Waals surface area contributed by atoms with Crippen molar-refractivity contribution in [2.24, 2.45) is 0 Å². The van der Waals surface area contributed by atoms with Crippen molar-refractivity contribution in [1.29, 1.82) is 0 Å². The first-order chi connectivity index (χ1) is 15.5. The topological polar surface area (TPSA) is 74.3 Å². The number of nitrogens with one attached hydrogen (secondary N) is 2. The minimum absolute atomic E-state index is 0.0157. The van der Waals surface area contributed by atoms with E-state index in [1.54, 1.807) is 4.90 Å². The molecular weight excluding hydrogens is 504 g/mol. The van der Waals surface area contributed by atoms with Crippen LogP contribution in [-0.2, 0) is 16.2 Å². The Morgan fingerprint density at radius 1 is 1.09 bits per heavy atom. The Hall–Kier alpha value is -2.57. The first kappa shape index (κ1) is 23.6. The molecule has 0 amide bonds. The molecule has 13 heteroatoms. The van der Waals surface area contributed by atoms with E-state index in [9.17, 15) is 26.0 Å². The second kappa shape index (κ2) is 8.99. The molecule has 1 saturated heterocycles. The van der Waals surface area contributed by atoms with E-state index in [0.717, 1.165) is 48.4 Å². The van der Waals surface area contributed by atoms with Crippen LogP contribution in [0.5, 0.6) is 0 Å². The van der Waals surface area contributed by atoms with Crippen molar-refractivity contribution in [3.63, 3.8) is 0 Å². The number of rotatable bonds is 6. The van der Waals surface area contributed by atoms with Gasteiger partial charge in [-0.3, -0.25) is 4.72 Å². The summed E-state index contributed by atoms with van der Waals surface area (Å²) in [5.74, 6) is -1.04. The number of thiazole rings is 1. The summed E-state index contributed by atoms with van der Waals surface area (Å²) in [4.78, 5) is 4.92. The summed E-state index contributed by atoms with van der Waals surface area (Å²) in [6.07, 6.45) is -2.84.